The van der Waals surface area contributed by atoms with Crippen LogP contribution in [0.25, 0.3) is 0 Å². The van der Waals surface area contributed by atoms with E-state index in [1.807, 2.05) is 6.07 Å². The van der Waals surface area contributed by atoms with Gasteiger partial charge in [0.2, 0.25) is 0 Å². The third-order valence-electron chi connectivity index (χ3n) is 6.16. The summed E-state index contributed by atoms with van der Waals surface area (Å²) in [7, 11) is 1.71. The van der Waals surface area contributed by atoms with Gasteiger partial charge in [0.15, 0.2) is 0 Å². The van der Waals surface area contributed by atoms with Gasteiger partial charge in [-0.2, -0.15) is 5.10 Å². The van der Waals surface area contributed by atoms with E-state index >= 15 is 0 Å². The van der Waals surface area contributed by atoms with Crippen LogP contribution in [0.15, 0.2) is 23.3 Å². The largest absolute Gasteiger partial charge is 0.356 e. The molecule has 0 spiro atoms. The minimum Gasteiger partial charge on any atom is -0.356 e. The monoisotopic (exact) mass is 352 g/mol. The lowest BCUT2D eigenvalue weighted by Gasteiger charge is -2.26. The van der Waals surface area contributed by atoms with Gasteiger partial charge >= 0.3 is 0 Å². The van der Waals surface area contributed by atoms with Gasteiger partial charge in [-0.3, -0.25) is 4.79 Å². The van der Waals surface area contributed by atoms with Crippen molar-refractivity contribution in [2.45, 2.75) is 25.7 Å². The lowest BCUT2D eigenvalue weighted by atomic mass is 9.96. The van der Waals surface area contributed by atoms with E-state index in [0.29, 0.717) is 11.8 Å². The van der Waals surface area contributed by atoms with E-state index in [0.717, 1.165) is 44.8 Å². The maximum atomic E-state index is 11.6. The van der Waals surface area contributed by atoms with Crippen LogP contribution >= 0.6 is 0 Å². The molecule has 7 nitrogen and oxygen atoms in total. The minimum absolute atomic E-state index is 0.0622. The third kappa shape index (κ3) is 2.57. The molecule has 0 aromatic carbocycles. The maximum absolute atomic E-state index is 11.6. The van der Waals surface area contributed by atoms with Crippen molar-refractivity contribution >= 4 is 11.6 Å². The molecule has 1 aliphatic carbocycles. The summed E-state index contributed by atoms with van der Waals surface area (Å²) >= 11 is 0. The van der Waals surface area contributed by atoms with Crippen LogP contribution in [0.5, 0.6) is 0 Å². The molecule has 2 fully saturated rings. The first-order valence-electron chi connectivity index (χ1n) is 9.56. The summed E-state index contributed by atoms with van der Waals surface area (Å²) in [5.74, 6) is 3.34. The molecule has 2 saturated heterocycles. The highest BCUT2D eigenvalue weighted by atomic mass is 16.1. The van der Waals surface area contributed by atoms with Gasteiger partial charge in [-0.25, -0.2) is 14.6 Å². The Kier molecular flexibility index (Phi) is 3.69. The van der Waals surface area contributed by atoms with Crippen molar-refractivity contribution < 1.29 is 0 Å². The zero-order chi connectivity index (χ0) is 17.7. The van der Waals surface area contributed by atoms with E-state index in [-0.39, 0.29) is 5.56 Å². The van der Waals surface area contributed by atoms with Crippen molar-refractivity contribution in [2.75, 3.05) is 36.0 Å². The van der Waals surface area contributed by atoms with E-state index in [1.54, 1.807) is 19.4 Å². The highest BCUT2D eigenvalue weighted by Crippen LogP contribution is 2.37. The molecule has 5 rings (SSSR count). The van der Waals surface area contributed by atoms with Crippen LogP contribution in [-0.2, 0) is 19.9 Å². The van der Waals surface area contributed by atoms with E-state index in [9.17, 15) is 4.79 Å². The fourth-order valence-corrected chi connectivity index (χ4v) is 4.79. The zero-order valence-electron chi connectivity index (χ0n) is 15.1. The molecule has 2 aromatic heterocycles. The second-order valence-electron chi connectivity index (χ2n) is 7.81. The first kappa shape index (κ1) is 15.8. The standard InChI is InChI=1S/C19H24N6O/c1-23-18(26)7-6-17(22-23)24-8-13-10-25(11-14(13)9-24)19-15-4-2-3-5-16(15)20-12-21-19/h6-7,12-14H,2-5,8-11H2,1H3. The average molecular weight is 352 g/mol. The molecule has 2 aliphatic heterocycles. The smallest absolute Gasteiger partial charge is 0.266 e. The summed E-state index contributed by atoms with van der Waals surface area (Å²) in [5, 5.41) is 4.41. The van der Waals surface area contributed by atoms with Crippen LogP contribution in [0, 0.1) is 11.8 Å². The maximum Gasteiger partial charge on any atom is 0.266 e. The lowest BCUT2D eigenvalue weighted by Crippen LogP contribution is -2.32. The molecular weight excluding hydrogens is 328 g/mol. The van der Waals surface area contributed by atoms with E-state index in [4.69, 9.17) is 0 Å². The average Bonchev–Trinajstić information content (AvgIpc) is 3.22. The summed E-state index contributed by atoms with van der Waals surface area (Å²) in [5.41, 5.74) is 2.58. The molecular formula is C19H24N6O. The van der Waals surface area contributed by atoms with Crippen molar-refractivity contribution in [3.8, 4) is 0 Å². The van der Waals surface area contributed by atoms with E-state index in [2.05, 4.69) is 24.9 Å². The molecule has 3 aliphatic rings. The van der Waals surface area contributed by atoms with Crippen molar-refractivity contribution in [2.24, 2.45) is 18.9 Å². The summed E-state index contributed by atoms with van der Waals surface area (Å²) in [6, 6.07) is 3.46. The molecule has 7 heteroatoms. The van der Waals surface area contributed by atoms with Gasteiger partial charge < -0.3 is 9.80 Å². The van der Waals surface area contributed by atoms with Gasteiger partial charge in [-0.05, 0) is 31.7 Å². The second kappa shape index (κ2) is 6.07. The molecule has 2 unspecified atom stereocenters. The SMILES string of the molecule is Cn1nc(N2CC3CN(c4ncnc5c4CCCC5)CC3C2)ccc1=O. The topological polar surface area (TPSA) is 67.2 Å². The number of fused-ring (bicyclic) bond motifs is 2. The third-order valence-corrected chi connectivity index (χ3v) is 6.16. The first-order valence-corrected chi connectivity index (χ1v) is 9.56. The molecule has 136 valence electrons. The molecule has 0 saturated carbocycles. The Hall–Kier alpha value is -2.44. The van der Waals surface area contributed by atoms with Crippen molar-refractivity contribution in [3.63, 3.8) is 0 Å². The number of rotatable bonds is 2. The summed E-state index contributed by atoms with van der Waals surface area (Å²) in [6.45, 7) is 4.10. The molecule has 0 N–H and O–H groups in total. The Labute approximate surface area is 152 Å². The van der Waals surface area contributed by atoms with Crippen LogP contribution in [0.1, 0.15) is 24.1 Å². The van der Waals surface area contributed by atoms with Gasteiger partial charge in [0.05, 0.1) is 0 Å². The predicted molar refractivity (Wildman–Crippen MR) is 99.6 cm³/mol. The van der Waals surface area contributed by atoms with Gasteiger partial charge in [0.25, 0.3) is 5.56 Å². The van der Waals surface area contributed by atoms with Crippen LogP contribution < -0.4 is 15.4 Å². The Morgan fingerprint density at radius 3 is 2.46 bits per heavy atom. The van der Waals surface area contributed by atoms with E-state index < -0.39 is 0 Å². The highest BCUT2D eigenvalue weighted by molar-refractivity contribution is 5.51. The van der Waals surface area contributed by atoms with Crippen molar-refractivity contribution in [1.82, 2.24) is 19.7 Å². The molecule has 4 heterocycles. The Balaban J connectivity index is 1.33. The zero-order valence-corrected chi connectivity index (χ0v) is 15.1. The lowest BCUT2D eigenvalue weighted by molar-refractivity contribution is 0.533. The van der Waals surface area contributed by atoms with Crippen molar-refractivity contribution in [1.29, 1.82) is 0 Å². The number of hydrogen-bond acceptors (Lipinski definition) is 6. The van der Waals surface area contributed by atoms with Crippen LogP contribution in [-0.4, -0.2) is 45.9 Å². The Bertz CT molecular complexity index is 880. The van der Waals surface area contributed by atoms with Crippen LogP contribution in [0.2, 0.25) is 0 Å². The van der Waals surface area contributed by atoms with E-state index in [1.165, 1.54) is 34.6 Å². The van der Waals surface area contributed by atoms with Gasteiger partial charge in [0, 0.05) is 62.4 Å². The molecule has 2 aromatic rings. The quantitative estimate of drug-likeness (QED) is 0.804. The normalized spacial score (nSPS) is 24.7. The van der Waals surface area contributed by atoms with Gasteiger partial charge in [-0.1, -0.05) is 0 Å². The Morgan fingerprint density at radius 1 is 0.962 bits per heavy atom. The molecule has 0 amide bonds. The summed E-state index contributed by atoms with van der Waals surface area (Å²) < 4.78 is 1.42. The summed E-state index contributed by atoms with van der Waals surface area (Å²) in [4.78, 5) is 25.5. The fourth-order valence-electron chi connectivity index (χ4n) is 4.79. The fraction of sp³-hybridized carbons (Fsp3) is 0.579. The van der Waals surface area contributed by atoms with Crippen LogP contribution in [0.4, 0.5) is 11.6 Å². The van der Waals surface area contributed by atoms with Gasteiger partial charge in [-0.15, -0.1) is 0 Å². The molecule has 26 heavy (non-hydrogen) atoms. The molecule has 0 bridgehead atoms. The second-order valence-corrected chi connectivity index (χ2v) is 7.81. The number of hydrogen-bond donors (Lipinski definition) is 0. The summed E-state index contributed by atoms with van der Waals surface area (Å²) in [6.07, 6.45) is 6.45. The number of aromatic nitrogens is 4. The predicted octanol–water partition coefficient (Wildman–Crippen LogP) is 1.02. The number of anilines is 2. The first-order chi connectivity index (χ1) is 12.7. The molecule has 0 radical (unpaired) electrons. The van der Waals surface area contributed by atoms with Crippen LogP contribution in [0.3, 0.4) is 0 Å². The number of aryl methyl sites for hydroxylation is 2. The van der Waals surface area contributed by atoms with Gasteiger partial charge in [0.1, 0.15) is 18.0 Å². The highest BCUT2D eigenvalue weighted by Gasteiger charge is 2.41. The number of nitrogens with zero attached hydrogens (tertiary/aromatic N) is 6. The van der Waals surface area contributed by atoms with Crippen molar-refractivity contribution in [3.05, 3.63) is 40.1 Å². The minimum atomic E-state index is -0.0622. The molecule has 2 atom stereocenters. The Morgan fingerprint density at radius 2 is 1.69 bits per heavy atom.